The van der Waals surface area contributed by atoms with Crippen molar-refractivity contribution in [2.75, 3.05) is 5.73 Å². The average molecular weight is 219 g/mol. The Balaban J connectivity index is 2.27. The molecule has 0 unspecified atom stereocenters. The van der Waals surface area contributed by atoms with Crippen LogP contribution in [-0.2, 0) is 0 Å². The topological polar surface area (TPSA) is 61.0 Å². The normalized spacial score (nSPS) is 10.1. The van der Waals surface area contributed by atoms with Crippen LogP contribution in [0.15, 0.2) is 30.6 Å². The lowest BCUT2D eigenvalue weighted by atomic mass is 10.3. The third kappa shape index (κ3) is 2.08. The van der Waals surface area contributed by atoms with Crippen LogP contribution in [0, 0.1) is 12.7 Å². The minimum atomic E-state index is -0.314. The summed E-state index contributed by atoms with van der Waals surface area (Å²) in [5, 5.41) is 0. The van der Waals surface area contributed by atoms with Gasteiger partial charge in [-0.25, -0.2) is 14.4 Å². The Morgan fingerprint density at radius 2 is 1.88 bits per heavy atom. The van der Waals surface area contributed by atoms with E-state index >= 15 is 0 Å². The Hall–Kier alpha value is -2.17. The Kier molecular flexibility index (Phi) is 2.68. The van der Waals surface area contributed by atoms with Crippen LogP contribution in [-0.4, -0.2) is 9.97 Å². The maximum Gasteiger partial charge on any atom is 0.227 e. The van der Waals surface area contributed by atoms with Crippen LogP contribution in [0.4, 0.5) is 10.2 Å². The number of ether oxygens (including phenoxy) is 1. The molecule has 0 fully saturated rings. The SMILES string of the molecule is Cc1c(N)ncnc1Oc1ccc(F)cc1. The lowest BCUT2D eigenvalue weighted by molar-refractivity contribution is 0.456. The molecule has 16 heavy (non-hydrogen) atoms. The molecule has 0 radical (unpaired) electrons. The zero-order valence-corrected chi connectivity index (χ0v) is 8.64. The van der Waals surface area contributed by atoms with Crippen LogP contribution in [0.25, 0.3) is 0 Å². The van der Waals surface area contributed by atoms with Gasteiger partial charge in [-0.1, -0.05) is 0 Å². The van der Waals surface area contributed by atoms with Crippen molar-refractivity contribution < 1.29 is 9.13 Å². The molecule has 0 aliphatic carbocycles. The molecule has 0 aliphatic rings. The minimum Gasteiger partial charge on any atom is -0.439 e. The fraction of sp³-hybridized carbons (Fsp3) is 0.0909. The van der Waals surface area contributed by atoms with Crippen LogP contribution >= 0.6 is 0 Å². The standard InChI is InChI=1S/C11H10FN3O/c1-7-10(13)14-6-15-11(7)16-9-4-2-8(12)3-5-9/h2-6H,1H3,(H2,13,14,15). The second-order valence-corrected chi connectivity index (χ2v) is 3.25. The molecule has 1 heterocycles. The fourth-order valence-corrected chi connectivity index (χ4v) is 1.16. The van der Waals surface area contributed by atoms with Gasteiger partial charge >= 0.3 is 0 Å². The molecule has 5 heteroatoms. The van der Waals surface area contributed by atoms with E-state index in [0.717, 1.165) is 0 Å². The molecule has 2 aromatic rings. The molecule has 2 N–H and O–H groups in total. The second kappa shape index (κ2) is 4.14. The van der Waals surface area contributed by atoms with Crippen LogP contribution in [0.5, 0.6) is 11.6 Å². The highest BCUT2D eigenvalue weighted by Gasteiger charge is 2.06. The highest BCUT2D eigenvalue weighted by Crippen LogP contribution is 2.24. The van der Waals surface area contributed by atoms with Crippen LogP contribution in [0.3, 0.4) is 0 Å². The summed E-state index contributed by atoms with van der Waals surface area (Å²) in [5.41, 5.74) is 6.27. The maximum atomic E-state index is 12.7. The Labute approximate surface area is 91.9 Å². The van der Waals surface area contributed by atoms with Gasteiger partial charge < -0.3 is 10.5 Å². The molecule has 0 amide bonds. The summed E-state index contributed by atoms with van der Waals surface area (Å²) in [5.74, 6) is 0.931. The van der Waals surface area contributed by atoms with Gasteiger partial charge in [-0.3, -0.25) is 0 Å². The number of nitrogens with two attached hydrogens (primary N) is 1. The highest BCUT2D eigenvalue weighted by atomic mass is 19.1. The summed E-state index contributed by atoms with van der Waals surface area (Å²) >= 11 is 0. The van der Waals surface area contributed by atoms with E-state index in [1.54, 1.807) is 6.92 Å². The highest BCUT2D eigenvalue weighted by molar-refractivity contribution is 5.44. The number of aromatic nitrogens is 2. The van der Waals surface area contributed by atoms with E-state index in [1.807, 2.05) is 0 Å². The van der Waals surface area contributed by atoms with Gasteiger partial charge in [-0.05, 0) is 31.2 Å². The van der Waals surface area contributed by atoms with Crippen molar-refractivity contribution in [3.05, 3.63) is 42.0 Å². The fourth-order valence-electron chi connectivity index (χ4n) is 1.16. The molecule has 0 saturated carbocycles. The van der Waals surface area contributed by atoms with Gasteiger partial charge in [-0.2, -0.15) is 0 Å². The molecule has 0 saturated heterocycles. The van der Waals surface area contributed by atoms with E-state index in [0.29, 0.717) is 23.0 Å². The number of hydrogen-bond donors (Lipinski definition) is 1. The van der Waals surface area contributed by atoms with Crippen molar-refractivity contribution in [1.82, 2.24) is 9.97 Å². The second-order valence-electron chi connectivity index (χ2n) is 3.25. The summed E-state index contributed by atoms with van der Waals surface area (Å²) in [6, 6.07) is 5.67. The largest absolute Gasteiger partial charge is 0.439 e. The molecule has 4 nitrogen and oxygen atoms in total. The van der Waals surface area contributed by atoms with Crippen LogP contribution in [0.1, 0.15) is 5.56 Å². The van der Waals surface area contributed by atoms with Gasteiger partial charge in [0.15, 0.2) is 0 Å². The molecular weight excluding hydrogens is 209 g/mol. The number of nitrogen functional groups attached to an aromatic ring is 1. The van der Waals surface area contributed by atoms with E-state index in [-0.39, 0.29) is 5.82 Å². The summed E-state index contributed by atoms with van der Waals surface area (Å²) < 4.78 is 18.1. The van der Waals surface area contributed by atoms with Crippen LogP contribution < -0.4 is 10.5 Å². The van der Waals surface area contributed by atoms with Crippen molar-refractivity contribution in [3.63, 3.8) is 0 Å². The lowest BCUT2D eigenvalue weighted by Crippen LogP contribution is -1.98. The van der Waals surface area contributed by atoms with Crippen molar-refractivity contribution in [2.24, 2.45) is 0 Å². The predicted molar refractivity (Wildman–Crippen MR) is 57.7 cm³/mol. The third-order valence-electron chi connectivity index (χ3n) is 2.10. The molecule has 1 aromatic carbocycles. The monoisotopic (exact) mass is 219 g/mol. The molecule has 82 valence electrons. The third-order valence-corrected chi connectivity index (χ3v) is 2.10. The zero-order chi connectivity index (χ0) is 11.5. The molecule has 0 atom stereocenters. The number of benzene rings is 1. The number of halogens is 1. The molecule has 2 rings (SSSR count). The Bertz CT molecular complexity index is 499. The molecule has 0 spiro atoms. The number of nitrogens with zero attached hydrogens (tertiary/aromatic N) is 2. The Morgan fingerprint density at radius 1 is 1.19 bits per heavy atom. The maximum absolute atomic E-state index is 12.7. The first-order valence-corrected chi connectivity index (χ1v) is 4.67. The first kappa shape index (κ1) is 10.4. The quantitative estimate of drug-likeness (QED) is 0.841. The van der Waals surface area contributed by atoms with E-state index in [4.69, 9.17) is 10.5 Å². The van der Waals surface area contributed by atoms with E-state index < -0.39 is 0 Å². The molecule has 0 aliphatic heterocycles. The van der Waals surface area contributed by atoms with Gasteiger partial charge in [0.1, 0.15) is 23.7 Å². The molecule has 0 bridgehead atoms. The lowest BCUT2D eigenvalue weighted by Gasteiger charge is -2.07. The van der Waals surface area contributed by atoms with E-state index in [1.165, 1.54) is 30.6 Å². The van der Waals surface area contributed by atoms with Crippen LogP contribution in [0.2, 0.25) is 0 Å². The Morgan fingerprint density at radius 3 is 2.56 bits per heavy atom. The number of rotatable bonds is 2. The van der Waals surface area contributed by atoms with E-state index in [9.17, 15) is 4.39 Å². The molecule has 1 aromatic heterocycles. The van der Waals surface area contributed by atoms with Gasteiger partial charge in [-0.15, -0.1) is 0 Å². The average Bonchev–Trinajstić information content (AvgIpc) is 2.28. The summed E-state index contributed by atoms with van der Waals surface area (Å²) in [6.45, 7) is 1.76. The summed E-state index contributed by atoms with van der Waals surface area (Å²) in [7, 11) is 0. The van der Waals surface area contributed by atoms with Crippen molar-refractivity contribution in [3.8, 4) is 11.6 Å². The minimum absolute atomic E-state index is 0.314. The van der Waals surface area contributed by atoms with Gasteiger partial charge in [0.25, 0.3) is 0 Å². The molecular formula is C11H10FN3O. The predicted octanol–water partition coefficient (Wildman–Crippen LogP) is 2.30. The van der Waals surface area contributed by atoms with Gasteiger partial charge in [0.05, 0.1) is 5.56 Å². The van der Waals surface area contributed by atoms with Crippen molar-refractivity contribution in [2.45, 2.75) is 6.92 Å². The number of anilines is 1. The smallest absolute Gasteiger partial charge is 0.227 e. The van der Waals surface area contributed by atoms with Crippen molar-refractivity contribution in [1.29, 1.82) is 0 Å². The van der Waals surface area contributed by atoms with E-state index in [2.05, 4.69) is 9.97 Å². The van der Waals surface area contributed by atoms with Crippen molar-refractivity contribution >= 4 is 5.82 Å². The van der Waals surface area contributed by atoms with Gasteiger partial charge in [0, 0.05) is 0 Å². The number of hydrogen-bond acceptors (Lipinski definition) is 4. The zero-order valence-electron chi connectivity index (χ0n) is 8.64. The first-order valence-electron chi connectivity index (χ1n) is 4.67. The first-order chi connectivity index (χ1) is 7.66. The summed E-state index contributed by atoms with van der Waals surface area (Å²) in [4.78, 5) is 7.77. The van der Waals surface area contributed by atoms with Gasteiger partial charge in [0.2, 0.25) is 5.88 Å². The summed E-state index contributed by atoms with van der Waals surface area (Å²) in [6.07, 6.45) is 1.32.